The standard InChI is InChI=1S/C20H22N2O2/c23-20-3-1-2-8-22(20)19-7-6-17-13-16(4-5-18(17)14-19)15-21-9-11-24-12-10-21/h1-5,8,13-14H,6-7,9-12,15H2. The first-order chi connectivity index (χ1) is 11.8. The lowest BCUT2D eigenvalue weighted by molar-refractivity contribution is 0.0342. The molecule has 0 radical (unpaired) electrons. The van der Waals surface area contributed by atoms with Crippen LogP contribution in [0.4, 0.5) is 0 Å². The van der Waals surface area contributed by atoms with Crippen molar-refractivity contribution in [3.8, 4) is 0 Å². The molecular formula is C20H22N2O2. The molecule has 0 bridgehead atoms. The molecule has 2 heterocycles. The van der Waals surface area contributed by atoms with Gasteiger partial charge in [-0.3, -0.25) is 14.3 Å². The third-order valence-corrected chi connectivity index (χ3v) is 4.82. The molecule has 1 aliphatic heterocycles. The average molecular weight is 322 g/mol. The summed E-state index contributed by atoms with van der Waals surface area (Å²) in [6, 6.07) is 12.0. The molecule has 4 heteroatoms. The Bertz CT molecular complexity index is 816. The molecular weight excluding hydrogens is 300 g/mol. The molecule has 0 atom stereocenters. The number of nitrogens with zero attached hydrogens (tertiary/aromatic N) is 2. The van der Waals surface area contributed by atoms with E-state index in [2.05, 4.69) is 29.2 Å². The number of ether oxygens (including phenoxy) is 1. The molecule has 0 saturated carbocycles. The Balaban J connectivity index is 1.57. The normalized spacial score (nSPS) is 18.1. The fourth-order valence-electron chi connectivity index (χ4n) is 3.50. The first-order valence-electron chi connectivity index (χ1n) is 8.60. The van der Waals surface area contributed by atoms with Gasteiger partial charge in [0.25, 0.3) is 5.56 Å². The van der Waals surface area contributed by atoms with Crippen LogP contribution in [0.3, 0.4) is 0 Å². The number of hydrogen-bond acceptors (Lipinski definition) is 3. The molecule has 24 heavy (non-hydrogen) atoms. The van der Waals surface area contributed by atoms with Crippen molar-refractivity contribution in [2.45, 2.75) is 19.4 Å². The monoisotopic (exact) mass is 322 g/mol. The van der Waals surface area contributed by atoms with E-state index in [4.69, 9.17) is 4.74 Å². The number of aromatic nitrogens is 1. The first-order valence-corrected chi connectivity index (χ1v) is 8.60. The first kappa shape index (κ1) is 15.4. The van der Waals surface area contributed by atoms with Gasteiger partial charge >= 0.3 is 0 Å². The third-order valence-electron chi connectivity index (χ3n) is 4.82. The highest BCUT2D eigenvalue weighted by atomic mass is 16.5. The van der Waals surface area contributed by atoms with Crippen LogP contribution in [0, 0.1) is 0 Å². The summed E-state index contributed by atoms with van der Waals surface area (Å²) in [7, 11) is 0. The molecule has 4 rings (SSSR count). The maximum absolute atomic E-state index is 12.0. The van der Waals surface area contributed by atoms with Gasteiger partial charge in [-0.05, 0) is 41.7 Å². The van der Waals surface area contributed by atoms with Crippen molar-refractivity contribution in [1.82, 2.24) is 9.47 Å². The van der Waals surface area contributed by atoms with E-state index in [0.717, 1.165) is 51.4 Å². The Morgan fingerprint density at radius 2 is 1.92 bits per heavy atom. The zero-order chi connectivity index (χ0) is 16.4. The van der Waals surface area contributed by atoms with Crippen LogP contribution in [-0.2, 0) is 17.7 Å². The number of fused-ring (bicyclic) bond motifs is 1. The van der Waals surface area contributed by atoms with Crippen LogP contribution in [0.2, 0.25) is 0 Å². The molecule has 1 aromatic carbocycles. The minimum Gasteiger partial charge on any atom is -0.379 e. The highest BCUT2D eigenvalue weighted by Gasteiger charge is 2.15. The molecule has 4 nitrogen and oxygen atoms in total. The van der Waals surface area contributed by atoms with Crippen LogP contribution in [0.25, 0.3) is 11.8 Å². The largest absolute Gasteiger partial charge is 0.379 e. The second kappa shape index (κ2) is 6.75. The maximum Gasteiger partial charge on any atom is 0.254 e. The molecule has 2 aromatic rings. The van der Waals surface area contributed by atoms with E-state index in [1.165, 1.54) is 16.7 Å². The van der Waals surface area contributed by atoms with Gasteiger partial charge in [0, 0.05) is 37.6 Å². The number of hydrogen-bond donors (Lipinski definition) is 0. The predicted octanol–water partition coefficient (Wildman–Crippen LogP) is 2.62. The summed E-state index contributed by atoms with van der Waals surface area (Å²) in [4.78, 5) is 14.5. The number of rotatable bonds is 3. The molecule has 0 spiro atoms. The van der Waals surface area contributed by atoms with Crippen molar-refractivity contribution in [2.75, 3.05) is 26.3 Å². The number of allylic oxidation sites excluding steroid dienone is 1. The molecule has 0 amide bonds. The number of morpholine rings is 1. The number of benzene rings is 1. The molecule has 1 saturated heterocycles. The second-order valence-electron chi connectivity index (χ2n) is 6.47. The van der Waals surface area contributed by atoms with Gasteiger partial charge < -0.3 is 4.74 Å². The van der Waals surface area contributed by atoms with Crippen molar-refractivity contribution in [2.24, 2.45) is 0 Å². The summed E-state index contributed by atoms with van der Waals surface area (Å²) in [6.45, 7) is 4.69. The van der Waals surface area contributed by atoms with Gasteiger partial charge in [0.15, 0.2) is 0 Å². The van der Waals surface area contributed by atoms with E-state index in [1.807, 2.05) is 12.3 Å². The summed E-state index contributed by atoms with van der Waals surface area (Å²) < 4.78 is 7.17. The minimum atomic E-state index is 0.0381. The Hall–Kier alpha value is -2.17. The van der Waals surface area contributed by atoms with E-state index >= 15 is 0 Å². The topological polar surface area (TPSA) is 34.5 Å². The van der Waals surface area contributed by atoms with Gasteiger partial charge in [-0.2, -0.15) is 0 Å². The van der Waals surface area contributed by atoms with Crippen molar-refractivity contribution < 1.29 is 4.74 Å². The number of aryl methyl sites for hydroxylation is 1. The van der Waals surface area contributed by atoms with Crippen LogP contribution in [0.15, 0.2) is 47.4 Å². The fourth-order valence-corrected chi connectivity index (χ4v) is 3.50. The lowest BCUT2D eigenvalue weighted by Crippen LogP contribution is -2.35. The summed E-state index contributed by atoms with van der Waals surface area (Å²) in [5.74, 6) is 0. The molecule has 2 aliphatic rings. The van der Waals surface area contributed by atoms with Crippen LogP contribution in [0.5, 0.6) is 0 Å². The molecule has 1 fully saturated rings. The zero-order valence-corrected chi connectivity index (χ0v) is 13.8. The molecule has 1 aliphatic carbocycles. The minimum absolute atomic E-state index is 0.0381. The zero-order valence-electron chi connectivity index (χ0n) is 13.8. The SMILES string of the molecule is O=c1ccccn1C1=Cc2ccc(CN3CCOCC3)cc2CC1. The lowest BCUT2D eigenvalue weighted by Gasteiger charge is -2.27. The van der Waals surface area contributed by atoms with Gasteiger partial charge in [-0.15, -0.1) is 0 Å². The van der Waals surface area contributed by atoms with E-state index in [9.17, 15) is 4.79 Å². The summed E-state index contributed by atoms with van der Waals surface area (Å²) in [5, 5.41) is 0. The van der Waals surface area contributed by atoms with Gasteiger partial charge in [-0.25, -0.2) is 0 Å². The summed E-state index contributed by atoms with van der Waals surface area (Å²) in [5.41, 5.74) is 5.10. The van der Waals surface area contributed by atoms with E-state index in [1.54, 1.807) is 16.7 Å². The van der Waals surface area contributed by atoms with E-state index in [0.29, 0.717) is 0 Å². The maximum atomic E-state index is 12.0. The van der Waals surface area contributed by atoms with Crippen LogP contribution < -0.4 is 5.56 Å². The van der Waals surface area contributed by atoms with Gasteiger partial charge in [0.05, 0.1) is 13.2 Å². The molecule has 1 aromatic heterocycles. The lowest BCUT2D eigenvalue weighted by atomic mass is 9.93. The van der Waals surface area contributed by atoms with Gasteiger partial charge in [-0.1, -0.05) is 24.3 Å². The Kier molecular flexibility index (Phi) is 4.32. The highest BCUT2D eigenvalue weighted by molar-refractivity contribution is 5.75. The van der Waals surface area contributed by atoms with Gasteiger partial charge in [0.2, 0.25) is 0 Å². The highest BCUT2D eigenvalue weighted by Crippen LogP contribution is 2.27. The Morgan fingerprint density at radius 1 is 1.04 bits per heavy atom. The average Bonchev–Trinajstić information content (AvgIpc) is 2.63. The van der Waals surface area contributed by atoms with Crippen molar-refractivity contribution in [3.05, 3.63) is 69.6 Å². The summed E-state index contributed by atoms with van der Waals surface area (Å²) in [6.07, 6.45) is 5.89. The second-order valence-corrected chi connectivity index (χ2v) is 6.47. The van der Waals surface area contributed by atoms with Crippen LogP contribution >= 0.6 is 0 Å². The smallest absolute Gasteiger partial charge is 0.254 e. The third kappa shape index (κ3) is 3.21. The van der Waals surface area contributed by atoms with Gasteiger partial charge in [0.1, 0.15) is 0 Å². The van der Waals surface area contributed by atoms with E-state index < -0.39 is 0 Å². The Labute approximate surface area is 142 Å². The predicted molar refractivity (Wildman–Crippen MR) is 95.7 cm³/mol. The van der Waals surface area contributed by atoms with Crippen molar-refractivity contribution in [1.29, 1.82) is 0 Å². The molecule has 124 valence electrons. The van der Waals surface area contributed by atoms with Crippen LogP contribution in [-0.4, -0.2) is 35.8 Å². The van der Waals surface area contributed by atoms with Crippen molar-refractivity contribution >= 4 is 11.8 Å². The molecule has 0 N–H and O–H groups in total. The Morgan fingerprint density at radius 3 is 2.75 bits per heavy atom. The van der Waals surface area contributed by atoms with E-state index in [-0.39, 0.29) is 5.56 Å². The quantitative estimate of drug-likeness (QED) is 0.871. The van der Waals surface area contributed by atoms with Crippen LogP contribution in [0.1, 0.15) is 23.1 Å². The summed E-state index contributed by atoms with van der Waals surface area (Å²) >= 11 is 0. The van der Waals surface area contributed by atoms with Crippen molar-refractivity contribution in [3.63, 3.8) is 0 Å². The molecule has 0 unspecified atom stereocenters. The number of pyridine rings is 1. The fraction of sp³-hybridized carbons (Fsp3) is 0.350.